The van der Waals surface area contributed by atoms with Crippen molar-refractivity contribution in [3.8, 4) is 0 Å². The second-order valence-electron chi connectivity index (χ2n) is 3.35. The van der Waals surface area contributed by atoms with Crippen LogP contribution in [-0.4, -0.2) is 36.0 Å². The molecule has 0 unspecified atom stereocenters. The molecule has 3 N–H and O–H groups in total. The highest BCUT2D eigenvalue weighted by Gasteiger charge is 2.21. The monoisotopic (exact) mass is 243 g/mol. The van der Waals surface area contributed by atoms with Crippen LogP contribution in [-0.2, 0) is 19.1 Å². The molecule has 0 aromatic rings. The van der Waals surface area contributed by atoms with Crippen LogP contribution in [0, 0.1) is 0 Å². The molecule has 6 heteroatoms. The lowest BCUT2D eigenvalue weighted by Gasteiger charge is -2.22. The predicted molar refractivity (Wildman–Crippen MR) is 60.7 cm³/mol. The molecule has 6 nitrogen and oxygen atoms in total. The summed E-state index contributed by atoms with van der Waals surface area (Å²) in [5.41, 5.74) is 3.94. The lowest BCUT2D eigenvalue weighted by Crippen LogP contribution is -2.42. The van der Waals surface area contributed by atoms with Gasteiger partial charge < -0.3 is 20.3 Å². The van der Waals surface area contributed by atoms with E-state index in [-0.39, 0.29) is 26.1 Å². The Labute approximate surface area is 99.7 Å². The van der Waals surface area contributed by atoms with Crippen molar-refractivity contribution < 1.29 is 24.2 Å². The van der Waals surface area contributed by atoms with Gasteiger partial charge in [-0.15, -0.1) is 0 Å². The van der Waals surface area contributed by atoms with Crippen molar-refractivity contribution >= 4 is 11.9 Å². The lowest BCUT2D eigenvalue weighted by molar-refractivity contribution is -0.140. The van der Waals surface area contributed by atoms with E-state index in [0.717, 1.165) is 12.2 Å². The van der Waals surface area contributed by atoms with Crippen LogP contribution >= 0.6 is 0 Å². The van der Waals surface area contributed by atoms with Crippen molar-refractivity contribution in [2.75, 3.05) is 13.2 Å². The van der Waals surface area contributed by atoms with E-state index in [1.165, 1.54) is 0 Å². The quantitative estimate of drug-likeness (QED) is 0.350. The fourth-order valence-corrected chi connectivity index (χ4v) is 0.900. The number of aliphatic hydroxyl groups is 1. The van der Waals surface area contributed by atoms with E-state index in [2.05, 4.69) is 22.6 Å². The normalized spacial score (nSPS) is 10.5. The maximum absolute atomic E-state index is 10.7. The second-order valence-corrected chi connectivity index (χ2v) is 3.35. The van der Waals surface area contributed by atoms with Crippen LogP contribution in [0.15, 0.2) is 25.3 Å². The van der Waals surface area contributed by atoms with E-state index in [4.69, 9.17) is 5.73 Å². The summed E-state index contributed by atoms with van der Waals surface area (Å²) in [6.07, 6.45) is 2.11. The average Bonchev–Trinajstić information content (AvgIpc) is 2.27. The molecule has 0 spiro atoms. The van der Waals surface area contributed by atoms with Crippen LogP contribution in [0.1, 0.15) is 12.8 Å². The molecule has 0 aliphatic rings. The largest absolute Gasteiger partial charge is 0.462 e. The molecular weight excluding hydrogens is 226 g/mol. The zero-order chi connectivity index (χ0) is 13.3. The van der Waals surface area contributed by atoms with Crippen LogP contribution in [0.5, 0.6) is 0 Å². The van der Waals surface area contributed by atoms with Crippen molar-refractivity contribution in [3.05, 3.63) is 25.3 Å². The summed E-state index contributed by atoms with van der Waals surface area (Å²) in [6, 6.07) is 0. The average molecular weight is 243 g/mol. The molecule has 0 aromatic heterocycles. The number of rotatable bonds is 8. The highest BCUT2D eigenvalue weighted by atomic mass is 16.5. The second kappa shape index (κ2) is 7.59. The minimum Gasteiger partial charge on any atom is -0.462 e. The zero-order valence-electron chi connectivity index (χ0n) is 9.55. The third kappa shape index (κ3) is 8.18. The summed E-state index contributed by atoms with van der Waals surface area (Å²) in [4.78, 5) is 21.4. The fourth-order valence-electron chi connectivity index (χ4n) is 0.900. The van der Waals surface area contributed by atoms with Gasteiger partial charge in [-0.3, -0.25) is 0 Å². The van der Waals surface area contributed by atoms with Crippen molar-refractivity contribution in [1.29, 1.82) is 0 Å². The highest BCUT2D eigenvalue weighted by Crippen LogP contribution is 2.08. The van der Waals surface area contributed by atoms with E-state index < -0.39 is 17.7 Å². The number of hydrogen-bond acceptors (Lipinski definition) is 6. The summed E-state index contributed by atoms with van der Waals surface area (Å²) in [7, 11) is 0. The molecule has 17 heavy (non-hydrogen) atoms. The molecule has 0 aliphatic carbocycles. The van der Waals surface area contributed by atoms with Crippen LogP contribution in [0.4, 0.5) is 0 Å². The summed E-state index contributed by atoms with van der Waals surface area (Å²) < 4.78 is 9.31. The molecule has 0 saturated carbocycles. The summed E-state index contributed by atoms with van der Waals surface area (Å²) in [5.74, 6) is -1.17. The van der Waals surface area contributed by atoms with Crippen molar-refractivity contribution in [1.82, 2.24) is 0 Å². The topological polar surface area (TPSA) is 98.8 Å². The van der Waals surface area contributed by atoms with Crippen molar-refractivity contribution in [3.63, 3.8) is 0 Å². The Bertz CT molecular complexity index is 270. The van der Waals surface area contributed by atoms with Crippen LogP contribution in [0.3, 0.4) is 0 Å². The van der Waals surface area contributed by atoms with Gasteiger partial charge in [0.1, 0.15) is 5.72 Å². The standard InChI is InChI=1S/C11H17NO5/c1-3-9(13)16-7-5-11(12,15)6-8-17-10(14)4-2/h3-4,15H,1-2,5-8,12H2. The Balaban J connectivity index is 3.79. The zero-order valence-corrected chi connectivity index (χ0v) is 9.55. The summed E-state index contributed by atoms with van der Waals surface area (Å²) in [5, 5.41) is 9.63. The Hall–Kier alpha value is -1.66. The molecule has 96 valence electrons. The Kier molecular flexibility index (Phi) is 6.85. The third-order valence-corrected chi connectivity index (χ3v) is 1.89. The molecule has 0 aromatic carbocycles. The number of carbonyl (C=O) groups excluding carboxylic acids is 2. The number of hydrogen-bond donors (Lipinski definition) is 2. The van der Waals surface area contributed by atoms with E-state index in [9.17, 15) is 14.7 Å². The Morgan fingerprint density at radius 2 is 1.47 bits per heavy atom. The number of ether oxygens (including phenoxy) is 2. The van der Waals surface area contributed by atoms with E-state index in [1.807, 2.05) is 0 Å². The number of esters is 2. The molecule has 0 atom stereocenters. The van der Waals surface area contributed by atoms with Crippen LogP contribution in [0.2, 0.25) is 0 Å². The van der Waals surface area contributed by atoms with Gasteiger partial charge in [0.15, 0.2) is 0 Å². The smallest absolute Gasteiger partial charge is 0.330 e. The maximum Gasteiger partial charge on any atom is 0.330 e. The van der Waals surface area contributed by atoms with E-state index in [1.54, 1.807) is 0 Å². The van der Waals surface area contributed by atoms with Crippen molar-refractivity contribution in [2.45, 2.75) is 18.6 Å². The summed E-state index contributed by atoms with van der Waals surface area (Å²) >= 11 is 0. The molecule has 0 amide bonds. The van der Waals surface area contributed by atoms with Gasteiger partial charge in [0.05, 0.1) is 13.2 Å². The maximum atomic E-state index is 10.7. The molecule has 0 bridgehead atoms. The summed E-state index contributed by atoms with van der Waals surface area (Å²) in [6.45, 7) is 6.37. The first kappa shape index (κ1) is 15.3. The minimum absolute atomic E-state index is 0.0345. The van der Waals surface area contributed by atoms with Gasteiger partial charge in [-0.1, -0.05) is 13.2 Å². The van der Waals surface area contributed by atoms with Gasteiger partial charge in [0.2, 0.25) is 0 Å². The first-order valence-corrected chi connectivity index (χ1v) is 5.01. The lowest BCUT2D eigenvalue weighted by atomic mass is 10.1. The molecular formula is C11H17NO5. The van der Waals surface area contributed by atoms with Crippen LogP contribution < -0.4 is 5.73 Å². The number of nitrogens with two attached hydrogens (primary N) is 1. The Morgan fingerprint density at radius 3 is 1.76 bits per heavy atom. The van der Waals surface area contributed by atoms with E-state index in [0.29, 0.717) is 0 Å². The minimum atomic E-state index is -1.55. The Morgan fingerprint density at radius 1 is 1.12 bits per heavy atom. The molecule has 0 radical (unpaired) electrons. The SMILES string of the molecule is C=CC(=O)OCCC(N)(O)CCOC(=O)C=C. The van der Waals surface area contributed by atoms with E-state index >= 15 is 0 Å². The molecule has 0 heterocycles. The highest BCUT2D eigenvalue weighted by molar-refractivity contribution is 5.81. The van der Waals surface area contributed by atoms with Gasteiger partial charge in [0.25, 0.3) is 0 Å². The molecule has 0 rings (SSSR count). The first-order valence-electron chi connectivity index (χ1n) is 5.01. The first-order chi connectivity index (χ1) is 7.91. The van der Waals surface area contributed by atoms with Gasteiger partial charge in [-0.2, -0.15) is 0 Å². The van der Waals surface area contributed by atoms with Gasteiger partial charge >= 0.3 is 11.9 Å². The predicted octanol–water partition coefficient (Wildman–Crippen LogP) is -0.128. The van der Waals surface area contributed by atoms with Gasteiger partial charge in [0, 0.05) is 25.0 Å². The molecule has 0 saturated heterocycles. The van der Waals surface area contributed by atoms with Gasteiger partial charge in [-0.05, 0) is 0 Å². The third-order valence-electron chi connectivity index (χ3n) is 1.89. The van der Waals surface area contributed by atoms with Crippen molar-refractivity contribution in [2.24, 2.45) is 5.73 Å². The van der Waals surface area contributed by atoms with Crippen LogP contribution in [0.25, 0.3) is 0 Å². The molecule has 0 fully saturated rings. The fraction of sp³-hybridized carbons (Fsp3) is 0.455. The number of carbonyl (C=O) groups is 2. The van der Waals surface area contributed by atoms with Gasteiger partial charge in [-0.25, -0.2) is 9.59 Å². The molecule has 0 aliphatic heterocycles.